The average Bonchev–Trinajstić information content (AvgIpc) is 2.85. The summed E-state index contributed by atoms with van der Waals surface area (Å²) in [6.45, 7) is 8.23. The fourth-order valence-electron chi connectivity index (χ4n) is 1.81. The lowest BCUT2D eigenvalue weighted by atomic mass is 10.1. The van der Waals surface area contributed by atoms with E-state index in [4.69, 9.17) is 0 Å². The topological polar surface area (TPSA) is 42.7 Å². The molecular weight excluding hydrogens is 236 g/mol. The zero-order valence-electron chi connectivity index (χ0n) is 11.9. The van der Waals surface area contributed by atoms with E-state index in [-0.39, 0.29) is 5.54 Å². The van der Waals surface area contributed by atoms with Crippen LogP contribution in [0.25, 0.3) is 0 Å². The van der Waals surface area contributed by atoms with E-state index >= 15 is 0 Å². The maximum absolute atomic E-state index is 4.39. The second kappa shape index (κ2) is 5.97. The number of nitrogens with one attached hydrogen (secondary N) is 1. The second-order valence-electron chi connectivity index (χ2n) is 5.71. The molecule has 2 heterocycles. The fourth-order valence-corrected chi connectivity index (χ4v) is 1.81. The van der Waals surface area contributed by atoms with Crippen LogP contribution in [0.2, 0.25) is 0 Å². The molecule has 0 aromatic carbocycles. The minimum Gasteiger partial charge on any atom is -0.312 e. The van der Waals surface area contributed by atoms with Gasteiger partial charge < -0.3 is 5.32 Å². The van der Waals surface area contributed by atoms with Crippen molar-refractivity contribution in [1.29, 1.82) is 0 Å². The highest BCUT2D eigenvalue weighted by molar-refractivity contribution is 5.06. The molecule has 0 aliphatic carbocycles. The molecule has 0 unspecified atom stereocenters. The summed E-state index contributed by atoms with van der Waals surface area (Å²) in [4.78, 5) is 4.30. The molecular formula is C15H22N4. The molecule has 2 rings (SSSR count). The number of hydrogen-bond acceptors (Lipinski definition) is 3. The van der Waals surface area contributed by atoms with Gasteiger partial charge in [-0.3, -0.25) is 9.67 Å². The average molecular weight is 258 g/mol. The van der Waals surface area contributed by atoms with Crippen molar-refractivity contribution >= 4 is 0 Å². The molecule has 0 aliphatic heterocycles. The zero-order chi connectivity index (χ0) is 13.7. The largest absolute Gasteiger partial charge is 0.312 e. The zero-order valence-corrected chi connectivity index (χ0v) is 11.9. The van der Waals surface area contributed by atoms with Gasteiger partial charge in [-0.1, -0.05) is 6.07 Å². The number of hydrogen-bond donors (Lipinski definition) is 1. The van der Waals surface area contributed by atoms with Gasteiger partial charge in [0, 0.05) is 43.2 Å². The summed E-state index contributed by atoms with van der Waals surface area (Å²) in [7, 11) is 0. The summed E-state index contributed by atoms with van der Waals surface area (Å²) in [6.07, 6.45) is 6.82. The van der Waals surface area contributed by atoms with Gasteiger partial charge in [-0.2, -0.15) is 5.10 Å². The van der Waals surface area contributed by atoms with Gasteiger partial charge in [0.15, 0.2) is 0 Å². The Kier molecular flexibility index (Phi) is 4.32. The molecule has 4 nitrogen and oxygen atoms in total. The van der Waals surface area contributed by atoms with E-state index in [2.05, 4.69) is 48.4 Å². The van der Waals surface area contributed by atoms with Crippen LogP contribution in [0, 0.1) is 0 Å². The van der Waals surface area contributed by atoms with Crippen molar-refractivity contribution in [3.05, 3.63) is 48.0 Å². The second-order valence-corrected chi connectivity index (χ2v) is 5.71. The first-order chi connectivity index (χ1) is 9.05. The van der Waals surface area contributed by atoms with Crippen molar-refractivity contribution in [2.24, 2.45) is 0 Å². The monoisotopic (exact) mass is 258 g/mol. The van der Waals surface area contributed by atoms with Crippen LogP contribution in [-0.4, -0.2) is 21.3 Å². The van der Waals surface area contributed by atoms with E-state index in [1.807, 2.05) is 29.2 Å². The summed E-state index contributed by atoms with van der Waals surface area (Å²) in [5.74, 6) is 0. The number of aromatic nitrogens is 3. The first kappa shape index (κ1) is 13.7. The third-order valence-corrected chi connectivity index (χ3v) is 2.94. The molecule has 1 N–H and O–H groups in total. The molecule has 0 saturated carbocycles. The maximum atomic E-state index is 4.39. The fraction of sp³-hybridized carbons (Fsp3) is 0.467. The van der Waals surface area contributed by atoms with Crippen molar-refractivity contribution in [2.45, 2.75) is 39.3 Å². The van der Waals surface area contributed by atoms with Gasteiger partial charge in [-0.15, -0.1) is 0 Å². The van der Waals surface area contributed by atoms with Crippen LogP contribution in [0.5, 0.6) is 0 Å². The number of nitrogens with zero attached hydrogens (tertiary/aromatic N) is 3. The molecule has 0 atom stereocenters. The van der Waals surface area contributed by atoms with E-state index in [1.165, 1.54) is 5.56 Å². The van der Waals surface area contributed by atoms with Crippen LogP contribution >= 0.6 is 0 Å². The van der Waals surface area contributed by atoms with Gasteiger partial charge in [0.05, 0.1) is 11.7 Å². The highest BCUT2D eigenvalue weighted by Crippen LogP contribution is 2.12. The molecule has 102 valence electrons. The van der Waals surface area contributed by atoms with Crippen LogP contribution in [0.4, 0.5) is 0 Å². The normalized spacial score (nSPS) is 11.7. The van der Waals surface area contributed by atoms with Gasteiger partial charge in [0.1, 0.15) is 0 Å². The van der Waals surface area contributed by atoms with Crippen molar-refractivity contribution in [3.8, 4) is 0 Å². The molecule has 0 radical (unpaired) electrons. The van der Waals surface area contributed by atoms with E-state index in [9.17, 15) is 0 Å². The molecule has 0 fully saturated rings. The number of pyridine rings is 1. The van der Waals surface area contributed by atoms with Crippen molar-refractivity contribution in [2.75, 3.05) is 6.54 Å². The molecule has 0 aliphatic rings. The van der Waals surface area contributed by atoms with Crippen LogP contribution in [0.3, 0.4) is 0 Å². The molecule has 0 spiro atoms. The third-order valence-electron chi connectivity index (χ3n) is 2.94. The van der Waals surface area contributed by atoms with Crippen molar-refractivity contribution < 1.29 is 0 Å². The Morgan fingerprint density at radius 1 is 1.26 bits per heavy atom. The first-order valence-electron chi connectivity index (χ1n) is 6.70. The van der Waals surface area contributed by atoms with Gasteiger partial charge in [-0.05, 0) is 32.9 Å². The lowest BCUT2D eigenvalue weighted by molar-refractivity contribution is 0.355. The van der Waals surface area contributed by atoms with Crippen molar-refractivity contribution in [1.82, 2.24) is 20.1 Å². The Morgan fingerprint density at radius 3 is 2.74 bits per heavy atom. The summed E-state index contributed by atoms with van der Waals surface area (Å²) >= 11 is 0. The highest BCUT2D eigenvalue weighted by atomic mass is 15.3. The maximum Gasteiger partial charge on any atom is 0.0543 e. The SMILES string of the molecule is CC(C)(C)n1cc(CNCCc2ccccn2)cn1. The van der Waals surface area contributed by atoms with Crippen LogP contribution in [-0.2, 0) is 18.5 Å². The van der Waals surface area contributed by atoms with Gasteiger partial charge >= 0.3 is 0 Å². The Bertz CT molecular complexity index is 496. The predicted molar refractivity (Wildman–Crippen MR) is 76.9 cm³/mol. The van der Waals surface area contributed by atoms with Crippen LogP contribution < -0.4 is 5.32 Å². The van der Waals surface area contributed by atoms with Gasteiger partial charge in [0.2, 0.25) is 0 Å². The molecule has 2 aromatic rings. The lowest BCUT2D eigenvalue weighted by Gasteiger charge is -2.18. The molecule has 2 aromatic heterocycles. The Balaban J connectivity index is 1.76. The highest BCUT2D eigenvalue weighted by Gasteiger charge is 2.13. The Labute approximate surface area is 114 Å². The van der Waals surface area contributed by atoms with Crippen LogP contribution in [0.1, 0.15) is 32.0 Å². The summed E-state index contributed by atoms with van der Waals surface area (Å²) in [5, 5.41) is 7.81. The summed E-state index contributed by atoms with van der Waals surface area (Å²) < 4.78 is 2.00. The van der Waals surface area contributed by atoms with Crippen LogP contribution in [0.15, 0.2) is 36.8 Å². The summed E-state index contributed by atoms with van der Waals surface area (Å²) in [6, 6.07) is 6.02. The lowest BCUT2D eigenvalue weighted by Crippen LogP contribution is -2.22. The standard InChI is InChI=1S/C15H22N4/c1-15(2,3)19-12-13(11-18-19)10-16-9-7-14-6-4-5-8-17-14/h4-6,8,11-12,16H,7,9-10H2,1-3H3. The molecule has 0 amide bonds. The smallest absolute Gasteiger partial charge is 0.0543 e. The van der Waals surface area contributed by atoms with E-state index in [0.29, 0.717) is 0 Å². The van der Waals surface area contributed by atoms with Gasteiger partial charge in [-0.25, -0.2) is 0 Å². The van der Waals surface area contributed by atoms with E-state index < -0.39 is 0 Å². The first-order valence-corrected chi connectivity index (χ1v) is 6.70. The molecule has 0 saturated heterocycles. The minimum atomic E-state index is 0.0478. The Morgan fingerprint density at radius 2 is 2.11 bits per heavy atom. The van der Waals surface area contributed by atoms with E-state index in [0.717, 1.165) is 25.2 Å². The van der Waals surface area contributed by atoms with E-state index in [1.54, 1.807) is 0 Å². The molecule has 0 bridgehead atoms. The third kappa shape index (κ3) is 4.17. The Hall–Kier alpha value is -1.68. The molecule has 4 heteroatoms. The summed E-state index contributed by atoms with van der Waals surface area (Å²) in [5.41, 5.74) is 2.39. The van der Waals surface area contributed by atoms with Gasteiger partial charge in [0.25, 0.3) is 0 Å². The van der Waals surface area contributed by atoms with Crippen molar-refractivity contribution in [3.63, 3.8) is 0 Å². The number of rotatable bonds is 5. The minimum absolute atomic E-state index is 0.0478. The predicted octanol–water partition coefficient (Wildman–Crippen LogP) is 2.37. The molecule has 19 heavy (non-hydrogen) atoms. The quantitative estimate of drug-likeness (QED) is 0.837.